The lowest BCUT2D eigenvalue weighted by molar-refractivity contribution is 0.432. The SMILES string of the molecule is CC(=Nc1cc(-c2ccccc2)[nH]n1)c1c(O)cc(C)oc1=O. The molecule has 0 saturated carbocycles. The summed E-state index contributed by atoms with van der Waals surface area (Å²) in [5.74, 6) is 0.606. The van der Waals surface area contributed by atoms with Crippen LogP contribution in [-0.4, -0.2) is 21.0 Å². The van der Waals surface area contributed by atoms with E-state index >= 15 is 0 Å². The molecule has 3 aromatic rings. The maximum absolute atomic E-state index is 11.9. The Balaban J connectivity index is 1.97. The van der Waals surface area contributed by atoms with E-state index < -0.39 is 5.63 Å². The van der Waals surface area contributed by atoms with Crippen LogP contribution in [0.2, 0.25) is 0 Å². The van der Waals surface area contributed by atoms with E-state index in [1.165, 1.54) is 6.07 Å². The van der Waals surface area contributed by atoms with E-state index in [2.05, 4.69) is 15.2 Å². The van der Waals surface area contributed by atoms with Crippen LogP contribution < -0.4 is 5.63 Å². The van der Waals surface area contributed by atoms with Crippen LogP contribution in [0.5, 0.6) is 5.75 Å². The Labute approximate surface area is 132 Å². The maximum atomic E-state index is 11.9. The second-order valence-electron chi connectivity index (χ2n) is 5.11. The second-order valence-corrected chi connectivity index (χ2v) is 5.11. The molecule has 0 aliphatic heterocycles. The number of nitrogens with zero attached hydrogens (tertiary/aromatic N) is 2. The van der Waals surface area contributed by atoms with Crippen LogP contribution in [-0.2, 0) is 0 Å². The van der Waals surface area contributed by atoms with Gasteiger partial charge in [0.15, 0.2) is 5.82 Å². The average molecular weight is 309 g/mol. The molecule has 2 N–H and O–H groups in total. The van der Waals surface area contributed by atoms with Crippen LogP contribution in [0.25, 0.3) is 11.3 Å². The Kier molecular flexibility index (Phi) is 3.80. The highest BCUT2D eigenvalue weighted by atomic mass is 16.4. The molecule has 6 nitrogen and oxygen atoms in total. The van der Waals surface area contributed by atoms with Crippen molar-refractivity contribution in [3.8, 4) is 17.0 Å². The van der Waals surface area contributed by atoms with Gasteiger partial charge in [-0.25, -0.2) is 9.79 Å². The normalized spacial score (nSPS) is 11.7. The number of nitrogens with one attached hydrogen (secondary N) is 1. The first-order chi connectivity index (χ1) is 11.0. The van der Waals surface area contributed by atoms with E-state index in [9.17, 15) is 9.90 Å². The molecule has 0 saturated heterocycles. The first kappa shape index (κ1) is 14.8. The minimum atomic E-state index is -0.623. The van der Waals surface area contributed by atoms with Crippen LogP contribution in [0.1, 0.15) is 18.2 Å². The van der Waals surface area contributed by atoms with Gasteiger partial charge in [0, 0.05) is 12.1 Å². The number of aromatic nitrogens is 2. The number of aliphatic imine (C=N–C) groups is 1. The summed E-state index contributed by atoms with van der Waals surface area (Å²) in [5.41, 5.74) is 1.55. The van der Waals surface area contributed by atoms with Crippen LogP contribution in [0.4, 0.5) is 5.82 Å². The zero-order valence-corrected chi connectivity index (χ0v) is 12.7. The van der Waals surface area contributed by atoms with E-state index in [1.54, 1.807) is 19.9 Å². The standard InChI is InChI=1S/C17H15N3O3/c1-10-8-14(21)16(17(22)23-10)11(2)18-15-9-13(19-20-15)12-6-4-3-5-7-12/h3-9,21H,1-2H3,(H,19,20). The highest BCUT2D eigenvalue weighted by Crippen LogP contribution is 2.22. The number of aromatic amines is 1. The van der Waals surface area contributed by atoms with Crippen molar-refractivity contribution in [2.75, 3.05) is 0 Å². The van der Waals surface area contributed by atoms with Crippen molar-refractivity contribution in [1.29, 1.82) is 0 Å². The predicted molar refractivity (Wildman–Crippen MR) is 87.3 cm³/mol. The molecular weight excluding hydrogens is 294 g/mol. The predicted octanol–water partition coefficient (Wildman–Crippen LogP) is 3.18. The summed E-state index contributed by atoms with van der Waals surface area (Å²) < 4.78 is 5.00. The molecule has 0 fully saturated rings. The van der Waals surface area contributed by atoms with Crippen LogP contribution in [0.15, 0.2) is 56.7 Å². The molecule has 6 heteroatoms. The van der Waals surface area contributed by atoms with Gasteiger partial charge in [0.1, 0.15) is 17.1 Å². The van der Waals surface area contributed by atoms with Crippen LogP contribution in [0.3, 0.4) is 0 Å². The molecular formula is C17H15N3O3. The minimum absolute atomic E-state index is 0.0415. The molecule has 0 unspecified atom stereocenters. The first-order valence-electron chi connectivity index (χ1n) is 7.05. The molecule has 23 heavy (non-hydrogen) atoms. The molecule has 3 rings (SSSR count). The van der Waals surface area contributed by atoms with Gasteiger partial charge in [0.2, 0.25) is 0 Å². The first-order valence-corrected chi connectivity index (χ1v) is 7.05. The summed E-state index contributed by atoms with van der Waals surface area (Å²) >= 11 is 0. The smallest absolute Gasteiger partial charge is 0.348 e. The molecule has 0 aliphatic carbocycles. The number of rotatable bonds is 3. The van der Waals surface area contributed by atoms with Crippen molar-refractivity contribution in [3.05, 3.63) is 64.2 Å². The fourth-order valence-corrected chi connectivity index (χ4v) is 2.29. The molecule has 0 amide bonds. The van der Waals surface area contributed by atoms with Crippen LogP contribution in [0, 0.1) is 6.92 Å². The molecule has 2 aromatic heterocycles. The lowest BCUT2D eigenvalue weighted by atomic mass is 10.1. The fourth-order valence-electron chi connectivity index (χ4n) is 2.29. The van der Waals surface area contributed by atoms with Crippen molar-refractivity contribution < 1.29 is 9.52 Å². The van der Waals surface area contributed by atoms with Gasteiger partial charge < -0.3 is 9.52 Å². The van der Waals surface area contributed by atoms with Crippen LogP contribution >= 0.6 is 0 Å². The largest absolute Gasteiger partial charge is 0.507 e. The maximum Gasteiger partial charge on any atom is 0.348 e. The summed E-state index contributed by atoms with van der Waals surface area (Å²) in [5, 5.41) is 16.9. The molecule has 0 aliphatic rings. The number of benzene rings is 1. The highest BCUT2D eigenvalue weighted by molar-refractivity contribution is 6.01. The Morgan fingerprint density at radius 1 is 1.26 bits per heavy atom. The number of aryl methyl sites for hydroxylation is 1. The summed E-state index contributed by atoms with van der Waals surface area (Å²) in [6.07, 6.45) is 0. The highest BCUT2D eigenvalue weighted by Gasteiger charge is 2.13. The minimum Gasteiger partial charge on any atom is -0.507 e. The second kappa shape index (κ2) is 5.92. The average Bonchev–Trinajstić information content (AvgIpc) is 2.95. The summed E-state index contributed by atoms with van der Waals surface area (Å²) in [7, 11) is 0. The van der Waals surface area contributed by atoms with Gasteiger partial charge in [-0.1, -0.05) is 30.3 Å². The molecule has 0 spiro atoms. The topological polar surface area (TPSA) is 91.5 Å². The number of H-pyrrole nitrogens is 1. The van der Waals surface area contributed by atoms with Gasteiger partial charge >= 0.3 is 5.63 Å². The van der Waals surface area contributed by atoms with Gasteiger partial charge in [-0.05, 0) is 19.4 Å². The van der Waals surface area contributed by atoms with Crippen molar-refractivity contribution in [3.63, 3.8) is 0 Å². The third kappa shape index (κ3) is 3.06. The lowest BCUT2D eigenvalue weighted by Crippen LogP contribution is -2.12. The van der Waals surface area contributed by atoms with Crippen molar-refractivity contribution in [2.24, 2.45) is 4.99 Å². The molecule has 0 radical (unpaired) electrons. The Morgan fingerprint density at radius 2 is 2.00 bits per heavy atom. The third-order valence-electron chi connectivity index (χ3n) is 3.35. The molecule has 0 bridgehead atoms. The zero-order valence-electron chi connectivity index (χ0n) is 12.7. The Bertz CT molecular complexity index is 924. The lowest BCUT2D eigenvalue weighted by Gasteiger charge is -2.02. The van der Waals surface area contributed by atoms with E-state index in [-0.39, 0.29) is 11.3 Å². The van der Waals surface area contributed by atoms with E-state index in [0.29, 0.717) is 17.3 Å². The zero-order chi connectivity index (χ0) is 16.4. The van der Waals surface area contributed by atoms with Gasteiger partial charge in [-0.2, -0.15) is 5.10 Å². The van der Waals surface area contributed by atoms with Gasteiger partial charge in [-0.15, -0.1) is 0 Å². The third-order valence-corrected chi connectivity index (χ3v) is 3.35. The summed E-state index contributed by atoms with van der Waals surface area (Å²) in [6, 6.07) is 12.9. The fraction of sp³-hybridized carbons (Fsp3) is 0.118. The summed E-state index contributed by atoms with van der Waals surface area (Å²) in [4.78, 5) is 16.2. The van der Waals surface area contributed by atoms with Crippen molar-refractivity contribution in [2.45, 2.75) is 13.8 Å². The monoisotopic (exact) mass is 309 g/mol. The summed E-state index contributed by atoms with van der Waals surface area (Å²) in [6.45, 7) is 3.22. The number of hydrogen-bond acceptors (Lipinski definition) is 5. The van der Waals surface area contributed by atoms with E-state index in [1.807, 2.05) is 30.3 Å². The van der Waals surface area contributed by atoms with E-state index in [0.717, 1.165) is 11.3 Å². The van der Waals surface area contributed by atoms with Crippen molar-refractivity contribution in [1.82, 2.24) is 10.2 Å². The molecule has 0 atom stereocenters. The Hall–Kier alpha value is -3.15. The van der Waals surface area contributed by atoms with Gasteiger partial charge in [0.25, 0.3) is 0 Å². The van der Waals surface area contributed by atoms with Gasteiger partial charge in [0.05, 0.1) is 11.4 Å². The number of aromatic hydroxyl groups is 1. The molecule has 116 valence electrons. The quantitative estimate of drug-likeness (QED) is 0.727. The van der Waals surface area contributed by atoms with E-state index in [4.69, 9.17) is 4.42 Å². The number of hydrogen-bond donors (Lipinski definition) is 2. The van der Waals surface area contributed by atoms with Crippen molar-refractivity contribution >= 4 is 11.5 Å². The Morgan fingerprint density at radius 3 is 2.70 bits per heavy atom. The van der Waals surface area contributed by atoms with Gasteiger partial charge in [-0.3, -0.25) is 5.10 Å². The molecule has 1 aromatic carbocycles. The molecule has 2 heterocycles.